The highest BCUT2D eigenvalue weighted by atomic mass is 15.3. The van der Waals surface area contributed by atoms with Gasteiger partial charge in [-0.15, -0.1) is 0 Å². The van der Waals surface area contributed by atoms with Crippen molar-refractivity contribution in [3.8, 4) is 0 Å². The van der Waals surface area contributed by atoms with E-state index in [0.29, 0.717) is 0 Å². The molecule has 1 aromatic rings. The van der Waals surface area contributed by atoms with Crippen LogP contribution in [0.1, 0.15) is 89.0 Å². The number of hydrogen-bond donors (Lipinski definition) is 0. The summed E-state index contributed by atoms with van der Waals surface area (Å²) >= 11 is 0. The average Bonchev–Trinajstić information content (AvgIpc) is 3.48. The second-order valence-corrected chi connectivity index (χ2v) is 10.7. The molecular formula is C27H43N3. The Morgan fingerprint density at radius 3 is 2.17 bits per heavy atom. The van der Waals surface area contributed by atoms with Crippen molar-refractivity contribution >= 4 is 11.4 Å². The lowest BCUT2D eigenvalue weighted by molar-refractivity contribution is 0.181. The SMILES string of the molecule is CCCN1CCN(c2ccc(N3CCCC3)cc2C2CCC3(CCCC3)CC2)CC1. The summed E-state index contributed by atoms with van der Waals surface area (Å²) in [5, 5.41) is 0. The minimum atomic E-state index is 0.731. The zero-order valence-electron chi connectivity index (χ0n) is 19.4. The fraction of sp³-hybridized carbons (Fsp3) is 0.778. The summed E-state index contributed by atoms with van der Waals surface area (Å²) in [6.45, 7) is 10.9. The van der Waals surface area contributed by atoms with Gasteiger partial charge in [0.25, 0.3) is 0 Å². The number of piperazine rings is 1. The number of benzene rings is 1. The van der Waals surface area contributed by atoms with E-state index in [9.17, 15) is 0 Å². The van der Waals surface area contributed by atoms with Crippen LogP contribution in [0.2, 0.25) is 0 Å². The normalized spacial score (nSPS) is 25.5. The molecular weight excluding hydrogens is 366 g/mol. The van der Waals surface area contributed by atoms with Crippen molar-refractivity contribution in [3.63, 3.8) is 0 Å². The molecule has 0 aromatic heterocycles. The van der Waals surface area contributed by atoms with Crippen LogP contribution in [0.4, 0.5) is 11.4 Å². The van der Waals surface area contributed by atoms with Gasteiger partial charge in [-0.25, -0.2) is 0 Å². The van der Waals surface area contributed by atoms with Crippen LogP contribution in [-0.4, -0.2) is 50.7 Å². The van der Waals surface area contributed by atoms with E-state index in [2.05, 4.69) is 39.8 Å². The summed E-state index contributed by atoms with van der Waals surface area (Å²) in [6.07, 6.45) is 15.8. The molecule has 2 saturated heterocycles. The predicted octanol–water partition coefficient (Wildman–Crippen LogP) is 6.04. The van der Waals surface area contributed by atoms with E-state index in [0.717, 1.165) is 11.3 Å². The Morgan fingerprint density at radius 1 is 0.800 bits per heavy atom. The molecule has 5 rings (SSSR count). The summed E-state index contributed by atoms with van der Waals surface area (Å²) in [7, 11) is 0. The van der Waals surface area contributed by atoms with Crippen molar-refractivity contribution in [3.05, 3.63) is 23.8 Å². The van der Waals surface area contributed by atoms with Crippen LogP contribution < -0.4 is 9.80 Å². The zero-order chi connectivity index (χ0) is 20.4. The van der Waals surface area contributed by atoms with E-state index in [1.807, 2.05) is 0 Å². The predicted molar refractivity (Wildman–Crippen MR) is 129 cm³/mol. The van der Waals surface area contributed by atoms with Gasteiger partial charge in [0.15, 0.2) is 0 Å². The molecule has 1 spiro atoms. The number of nitrogens with zero attached hydrogens (tertiary/aromatic N) is 3. The van der Waals surface area contributed by atoms with Crippen LogP contribution in [0.3, 0.4) is 0 Å². The first kappa shape index (κ1) is 20.7. The van der Waals surface area contributed by atoms with Gasteiger partial charge in [-0.2, -0.15) is 0 Å². The van der Waals surface area contributed by atoms with Crippen molar-refractivity contribution in [1.82, 2.24) is 4.90 Å². The van der Waals surface area contributed by atoms with E-state index in [1.54, 1.807) is 11.3 Å². The zero-order valence-corrected chi connectivity index (χ0v) is 19.4. The quantitative estimate of drug-likeness (QED) is 0.587. The molecule has 0 radical (unpaired) electrons. The lowest BCUT2D eigenvalue weighted by Crippen LogP contribution is -2.47. The van der Waals surface area contributed by atoms with Crippen LogP contribution in [-0.2, 0) is 0 Å². The minimum Gasteiger partial charge on any atom is -0.372 e. The number of anilines is 2. The van der Waals surface area contributed by atoms with E-state index in [4.69, 9.17) is 0 Å². The van der Waals surface area contributed by atoms with Crippen LogP contribution >= 0.6 is 0 Å². The van der Waals surface area contributed by atoms with Crippen LogP contribution in [0.5, 0.6) is 0 Å². The Bertz CT molecular complexity index is 684. The van der Waals surface area contributed by atoms with Crippen molar-refractivity contribution in [2.24, 2.45) is 5.41 Å². The molecule has 1 aromatic carbocycles. The van der Waals surface area contributed by atoms with Crippen molar-refractivity contribution in [2.45, 2.75) is 83.5 Å². The molecule has 2 heterocycles. The smallest absolute Gasteiger partial charge is 0.0404 e. The molecule has 0 N–H and O–H groups in total. The van der Waals surface area contributed by atoms with Crippen LogP contribution in [0, 0.1) is 5.41 Å². The lowest BCUT2D eigenvalue weighted by Gasteiger charge is -2.41. The third-order valence-electron chi connectivity index (χ3n) is 8.89. The van der Waals surface area contributed by atoms with Gasteiger partial charge in [0.2, 0.25) is 0 Å². The van der Waals surface area contributed by atoms with Gasteiger partial charge < -0.3 is 9.80 Å². The molecule has 4 aliphatic rings. The maximum Gasteiger partial charge on any atom is 0.0404 e. The first-order valence-corrected chi connectivity index (χ1v) is 13.1. The number of hydrogen-bond acceptors (Lipinski definition) is 3. The maximum atomic E-state index is 2.72. The maximum absolute atomic E-state index is 2.72. The molecule has 30 heavy (non-hydrogen) atoms. The largest absolute Gasteiger partial charge is 0.372 e. The molecule has 2 aliphatic carbocycles. The Balaban J connectivity index is 1.36. The third-order valence-corrected chi connectivity index (χ3v) is 8.89. The fourth-order valence-electron chi connectivity index (χ4n) is 7.02. The van der Waals surface area contributed by atoms with E-state index >= 15 is 0 Å². The standard InChI is InChI=1S/C27H43N3/c1-2-15-28-18-20-30(21-19-28)26-8-7-24(29-16-5-6-17-29)22-25(26)23-9-13-27(14-10-23)11-3-4-12-27/h7-8,22-23H,2-6,9-21H2,1H3. The molecule has 3 heteroatoms. The van der Waals surface area contributed by atoms with Crippen molar-refractivity contribution in [2.75, 3.05) is 55.6 Å². The third kappa shape index (κ3) is 4.24. The highest BCUT2D eigenvalue weighted by Crippen LogP contribution is 2.53. The van der Waals surface area contributed by atoms with Crippen molar-refractivity contribution < 1.29 is 0 Å². The molecule has 3 nitrogen and oxygen atoms in total. The summed E-state index contributed by atoms with van der Waals surface area (Å²) < 4.78 is 0. The van der Waals surface area contributed by atoms with Crippen LogP contribution in [0.15, 0.2) is 18.2 Å². The molecule has 0 atom stereocenters. The second kappa shape index (κ2) is 9.10. The van der Waals surface area contributed by atoms with Crippen molar-refractivity contribution in [1.29, 1.82) is 0 Å². The molecule has 0 unspecified atom stereocenters. The van der Waals surface area contributed by atoms with Gasteiger partial charge in [0.05, 0.1) is 0 Å². The monoisotopic (exact) mass is 409 g/mol. The molecule has 2 aliphatic heterocycles. The average molecular weight is 410 g/mol. The van der Waals surface area contributed by atoms with E-state index in [1.165, 1.54) is 122 Å². The molecule has 4 fully saturated rings. The topological polar surface area (TPSA) is 9.72 Å². The van der Waals surface area contributed by atoms with Gasteiger partial charge in [0.1, 0.15) is 0 Å². The first-order valence-electron chi connectivity index (χ1n) is 13.1. The van der Waals surface area contributed by atoms with Crippen LogP contribution in [0.25, 0.3) is 0 Å². The van der Waals surface area contributed by atoms with Gasteiger partial charge in [0, 0.05) is 50.6 Å². The van der Waals surface area contributed by atoms with Gasteiger partial charge in [-0.05, 0) is 99.4 Å². The lowest BCUT2D eigenvalue weighted by atomic mass is 9.68. The summed E-state index contributed by atoms with van der Waals surface area (Å²) in [4.78, 5) is 8.00. The Morgan fingerprint density at radius 2 is 1.50 bits per heavy atom. The number of rotatable bonds is 5. The molecule has 0 amide bonds. The first-order chi connectivity index (χ1) is 14.8. The van der Waals surface area contributed by atoms with Gasteiger partial charge >= 0.3 is 0 Å². The fourth-order valence-corrected chi connectivity index (χ4v) is 7.02. The van der Waals surface area contributed by atoms with Gasteiger partial charge in [-0.3, -0.25) is 4.90 Å². The second-order valence-electron chi connectivity index (χ2n) is 10.7. The molecule has 0 bridgehead atoms. The highest BCUT2D eigenvalue weighted by molar-refractivity contribution is 5.64. The summed E-state index contributed by atoms with van der Waals surface area (Å²) in [5.41, 5.74) is 5.49. The Kier molecular flexibility index (Phi) is 6.27. The Labute approximate surface area is 184 Å². The van der Waals surface area contributed by atoms with E-state index < -0.39 is 0 Å². The molecule has 166 valence electrons. The van der Waals surface area contributed by atoms with E-state index in [-0.39, 0.29) is 0 Å². The van der Waals surface area contributed by atoms with Gasteiger partial charge in [-0.1, -0.05) is 19.8 Å². The summed E-state index contributed by atoms with van der Waals surface area (Å²) in [6, 6.07) is 7.55. The minimum absolute atomic E-state index is 0.731. The summed E-state index contributed by atoms with van der Waals surface area (Å²) in [5.74, 6) is 0.780. The Hall–Kier alpha value is -1.22. The molecule has 2 saturated carbocycles. The highest BCUT2D eigenvalue weighted by Gasteiger charge is 2.38.